The zero-order valence-electron chi connectivity index (χ0n) is 21.1. The number of fused-ring (bicyclic) bond motifs is 1. The number of pyridine rings is 1. The fraction of sp³-hybridized carbons (Fsp3) is 0.226. The van der Waals surface area contributed by atoms with Crippen LogP contribution in [0.4, 0.5) is 5.69 Å². The minimum atomic E-state index is -0.659. The maximum atomic E-state index is 13.5. The van der Waals surface area contributed by atoms with Crippen molar-refractivity contribution < 1.29 is 19.1 Å². The molecule has 0 unspecified atom stereocenters. The molecule has 5 rings (SSSR count). The molecule has 2 amide bonds. The van der Waals surface area contributed by atoms with Crippen molar-refractivity contribution in [2.45, 2.75) is 25.7 Å². The molecule has 0 saturated carbocycles. The highest BCUT2D eigenvalue weighted by molar-refractivity contribution is 6.14. The van der Waals surface area contributed by atoms with Crippen LogP contribution in [-0.2, 0) is 9.53 Å². The number of nitrogens with zero attached hydrogens (tertiary/aromatic N) is 2. The molecule has 7 heteroatoms. The summed E-state index contributed by atoms with van der Waals surface area (Å²) >= 11 is 0. The van der Waals surface area contributed by atoms with E-state index in [0.29, 0.717) is 40.9 Å². The Morgan fingerprint density at radius 1 is 0.789 bits per heavy atom. The molecule has 0 aliphatic carbocycles. The largest absolute Gasteiger partial charge is 0.452 e. The van der Waals surface area contributed by atoms with E-state index in [2.05, 4.69) is 5.32 Å². The summed E-state index contributed by atoms with van der Waals surface area (Å²) in [7, 11) is 0. The van der Waals surface area contributed by atoms with Crippen LogP contribution in [0.25, 0.3) is 22.2 Å². The molecule has 1 saturated heterocycles. The van der Waals surface area contributed by atoms with Crippen molar-refractivity contribution in [3.8, 4) is 11.3 Å². The van der Waals surface area contributed by atoms with Crippen molar-refractivity contribution in [1.82, 2.24) is 9.88 Å². The van der Waals surface area contributed by atoms with Gasteiger partial charge < -0.3 is 15.0 Å². The Bertz CT molecular complexity index is 1460. The van der Waals surface area contributed by atoms with Crippen LogP contribution in [0.15, 0.2) is 84.9 Å². The highest BCUT2D eigenvalue weighted by Gasteiger charge is 2.21. The second-order valence-electron chi connectivity index (χ2n) is 9.31. The van der Waals surface area contributed by atoms with Gasteiger partial charge >= 0.3 is 5.97 Å². The SMILES string of the molecule is O=C(OCC(=O)N1CCCCCC1)c1ccccc1NC(=O)c1cc(-c2ccccc2)nc2ccccc12. The van der Waals surface area contributed by atoms with E-state index in [-0.39, 0.29) is 24.0 Å². The molecule has 0 bridgehead atoms. The van der Waals surface area contributed by atoms with Gasteiger partial charge in [-0.1, -0.05) is 73.5 Å². The average molecular weight is 508 g/mol. The van der Waals surface area contributed by atoms with Gasteiger partial charge in [-0.25, -0.2) is 9.78 Å². The summed E-state index contributed by atoms with van der Waals surface area (Å²) in [6, 6.07) is 25.5. The lowest BCUT2D eigenvalue weighted by Gasteiger charge is -2.20. The zero-order valence-corrected chi connectivity index (χ0v) is 21.1. The van der Waals surface area contributed by atoms with E-state index < -0.39 is 5.97 Å². The van der Waals surface area contributed by atoms with E-state index >= 15 is 0 Å². The second-order valence-corrected chi connectivity index (χ2v) is 9.31. The van der Waals surface area contributed by atoms with Gasteiger partial charge in [0.05, 0.1) is 28.0 Å². The van der Waals surface area contributed by atoms with Gasteiger partial charge in [0.1, 0.15) is 0 Å². The molecular formula is C31H29N3O4. The monoisotopic (exact) mass is 507 g/mol. The lowest BCUT2D eigenvalue weighted by Crippen LogP contribution is -2.35. The minimum absolute atomic E-state index is 0.186. The molecular weight excluding hydrogens is 478 g/mol. The Labute approximate surface area is 221 Å². The van der Waals surface area contributed by atoms with Crippen LogP contribution in [0.2, 0.25) is 0 Å². The molecule has 1 aliphatic heterocycles. The van der Waals surface area contributed by atoms with E-state index in [9.17, 15) is 14.4 Å². The number of amides is 2. The Hall–Kier alpha value is -4.52. The number of carbonyl (C=O) groups is 3. The summed E-state index contributed by atoms with van der Waals surface area (Å²) in [5, 5.41) is 3.58. The minimum Gasteiger partial charge on any atom is -0.452 e. The molecule has 1 aromatic heterocycles. The van der Waals surface area contributed by atoms with Crippen LogP contribution in [0, 0.1) is 0 Å². The highest BCUT2D eigenvalue weighted by atomic mass is 16.5. The highest BCUT2D eigenvalue weighted by Crippen LogP contribution is 2.26. The Morgan fingerprint density at radius 3 is 2.26 bits per heavy atom. The molecule has 3 aromatic carbocycles. The summed E-state index contributed by atoms with van der Waals surface area (Å²) in [6.07, 6.45) is 4.14. The molecule has 0 radical (unpaired) electrons. The Morgan fingerprint density at radius 2 is 1.47 bits per heavy atom. The predicted octanol–water partition coefficient (Wildman–Crippen LogP) is 5.71. The van der Waals surface area contributed by atoms with Crippen LogP contribution in [0.5, 0.6) is 0 Å². The fourth-order valence-corrected chi connectivity index (χ4v) is 4.70. The number of ether oxygens (including phenoxy) is 1. The fourth-order valence-electron chi connectivity index (χ4n) is 4.70. The van der Waals surface area contributed by atoms with Gasteiger partial charge in [0.25, 0.3) is 11.8 Å². The maximum absolute atomic E-state index is 13.5. The van der Waals surface area contributed by atoms with Crippen molar-refractivity contribution in [1.29, 1.82) is 0 Å². The van der Waals surface area contributed by atoms with Crippen LogP contribution < -0.4 is 5.32 Å². The first-order chi connectivity index (χ1) is 18.6. The van der Waals surface area contributed by atoms with Crippen LogP contribution in [0.1, 0.15) is 46.4 Å². The molecule has 4 aromatic rings. The molecule has 0 atom stereocenters. The molecule has 1 N–H and O–H groups in total. The summed E-state index contributed by atoms with van der Waals surface area (Å²) in [6.45, 7) is 1.05. The number of esters is 1. The first-order valence-corrected chi connectivity index (χ1v) is 12.9. The molecule has 0 spiro atoms. The first kappa shape index (κ1) is 25.1. The summed E-state index contributed by atoms with van der Waals surface area (Å²) < 4.78 is 5.37. The van der Waals surface area contributed by atoms with Crippen molar-refractivity contribution in [2.75, 3.05) is 25.0 Å². The van der Waals surface area contributed by atoms with Crippen LogP contribution >= 0.6 is 0 Å². The number of rotatable bonds is 6. The number of hydrogen-bond acceptors (Lipinski definition) is 5. The zero-order chi connectivity index (χ0) is 26.3. The second kappa shape index (κ2) is 11.7. The topological polar surface area (TPSA) is 88.6 Å². The lowest BCUT2D eigenvalue weighted by molar-refractivity contribution is -0.134. The maximum Gasteiger partial charge on any atom is 0.340 e. The van der Waals surface area contributed by atoms with Gasteiger partial charge in [-0.15, -0.1) is 0 Å². The quantitative estimate of drug-likeness (QED) is 0.338. The van der Waals surface area contributed by atoms with Gasteiger partial charge in [-0.3, -0.25) is 9.59 Å². The number of carbonyl (C=O) groups excluding carboxylic acids is 3. The number of para-hydroxylation sites is 2. The third-order valence-electron chi connectivity index (χ3n) is 6.71. The number of hydrogen-bond donors (Lipinski definition) is 1. The van der Waals surface area contributed by atoms with Gasteiger partial charge in [0, 0.05) is 24.0 Å². The smallest absolute Gasteiger partial charge is 0.340 e. The van der Waals surface area contributed by atoms with Crippen LogP contribution in [0.3, 0.4) is 0 Å². The summed E-state index contributed by atoms with van der Waals surface area (Å²) in [5.41, 5.74) is 3.20. The molecule has 1 aliphatic rings. The van der Waals surface area contributed by atoms with Crippen LogP contribution in [-0.4, -0.2) is 47.4 Å². The third kappa shape index (κ3) is 5.72. The summed E-state index contributed by atoms with van der Waals surface area (Å²) in [5.74, 6) is -1.23. The molecule has 38 heavy (non-hydrogen) atoms. The molecule has 2 heterocycles. The van der Waals surface area contributed by atoms with E-state index in [1.807, 2.05) is 54.6 Å². The van der Waals surface area contributed by atoms with E-state index in [1.165, 1.54) is 0 Å². The molecule has 192 valence electrons. The lowest BCUT2D eigenvalue weighted by atomic mass is 10.0. The first-order valence-electron chi connectivity index (χ1n) is 12.9. The number of likely N-dealkylation sites (tertiary alicyclic amines) is 1. The van der Waals surface area contributed by atoms with E-state index in [4.69, 9.17) is 9.72 Å². The van der Waals surface area contributed by atoms with Gasteiger partial charge in [0.15, 0.2) is 6.61 Å². The van der Waals surface area contributed by atoms with E-state index in [0.717, 1.165) is 31.2 Å². The van der Waals surface area contributed by atoms with Gasteiger partial charge in [-0.05, 0) is 37.1 Å². The number of nitrogens with one attached hydrogen (secondary N) is 1. The van der Waals surface area contributed by atoms with Crippen molar-refractivity contribution >= 4 is 34.4 Å². The number of anilines is 1. The van der Waals surface area contributed by atoms with Gasteiger partial charge in [0.2, 0.25) is 0 Å². The van der Waals surface area contributed by atoms with Crippen molar-refractivity contribution in [3.05, 3.63) is 96.1 Å². The van der Waals surface area contributed by atoms with Gasteiger partial charge in [-0.2, -0.15) is 0 Å². The Balaban J connectivity index is 1.36. The normalized spacial score (nSPS) is 13.5. The van der Waals surface area contributed by atoms with Crippen molar-refractivity contribution in [3.63, 3.8) is 0 Å². The molecule has 7 nitrogen and oxygen atoms in total. The molecule has 1 fully saturated rings. The number of aromatic nitrogens is 1. The van der Waals surface area contributed by atoms with Crippen molar-refractivity contribution in [2.24, 2.45) is 0 Å². The number of benzene rings is 3. The average Bonchev–Trinajstić information content (AvgIpc) is 3.26. The Kier molecular flexibility index (Phi) is 7.73. The standard InChI is InChI=1S/C31H29N3O4/c35-29(34-18-10-1-2-11-19-34)21-38-31(37)24-15-7-9-17-27(24)33-30(36)25-20-28(22-12-4-3-5-13-22)32-26-16-8-6-14-23(25)26/h3-9,12-17,20H,1-2,10-11,18-19,21H2,(H,33,36). The predicted molar refractivity (Wildman–Crippen MR) is 147 cm³/mol. The summed E-state index contributed by atoms with van der Waals surface area (Å²) in [4.78, 5) is 45.5. The van der Waals surface area contributed by atoms with E-state index in [1.54, 1.807) is 35.2 Å². The third-order valence-corrected chi connectivity index (χ3v) is 6.71.